The van der Waals surface area contributed by atoms with Crippen LogP contribution in [0.15, 0.2) is 24.3 Å². The zero-order valence-electron chi connectivity index (χ0n) is 16.3. The summed E-state index contributed by atoms with van der Waals surface area (Å²) in [5, 5.41) is 0. The van der Waals surface area contributed by atoms with Crippen molar-refractivity contribution in [1.29, 1.82) is 0 Å². The summed E-state index contributed by atoms with van der Waals surface area (Å²) in [6.45, 7) is 4.46. The van der Waals surface area contributed by atoms with E-state index in [1.807, 2.05) is 18.2 Å². The quantitative estimate of drug-likeness (QED) is 0.802. The summed E-state index contributed by atoms with van der Waals surface area (Å²) in [6, 6.07) is 10.3. The van der Waals surface area contributed by atoms with Gasteiger partial charge in [0.2, 0.25) is 5.91 Å². The summed E-state index contributed by atoms with van der Waals surface area (Å²) in [5.74, 6) is 1.16. The van der Waals surface area contributed by atoms with Crippen LogP contribution in [0.25, 0.3) is 0 Å². The van der Waals surface area contributed by atoms with Crippen LogP contribution in [0.5, 0.6) is 5.75 Å². The van der Waals surface area contributed by atoms with E-state index in [9.17, 15) is 4.79 Å². The number of rotatable bonds is 2. The number of hydrogen-bond donors (Lipinski definition) is 0. The van der Waals surface area contributed by atoms with E-state index in [0.29, 0.717) is 12.5 Å². The van der Waals surface area contributed by atoms with Gasteiger partial charge in [0, 0.05) is 49.9 Å². The van der Waals surface area contributed by atoms with Crippen molar-refractivity contribution in [3.63, 3.8) is 0 Å². The Labute approximate surface area is 162 Å². The highest BCUT2D eigenvalue weighted by Crippen LogP contribution is 2.37. The van der Waals surface area contributed by atoms with Crippen molar-refractivity contribution in [2.75, 3.05) is 39.8 Å². The van der Waals surface area contributed by atoms with E-state index < -0.39 is 0 Å². The summed E-state index contributed by atoms with van der Waals surface area (Å²) >= 11 is 0. The number of piperazine rings is 1. The maximum absolute atomic E-state index is 13.2. The minimum Gasteiger partial charge on any atom is -0.493 e. The van der Waals surface area contributed by atoms with Crippen LogP contribution in [0.2, 0.25) is 0 Å². The molecule has 3 atom stereocenters. The van der Waals surface area contributed by atoms with E-state index in [4.69, 9.17) is 4.74 Å². The Bertz CT molecular complexity index is 687. The molecule has 27 heavy (non-hydrogen) atoms. The molecule has 4 heterocycles. The lowest BCUT2D eigenvalue weighted by Crippen LogP contribution is -2.56. The summed E-state index contributed by atoms with van der Waals surface area (Å²) in [6.07, 6.45) is 6.18. The first-order valence-electron chi connectivity index (χ1n) is 10.7. The van der Waals surface area contributed by atoms with Crippen LogP contribution >= 0.6 is 0 Å². The van der Waals surface area contributed by atoms with Crippen LogP contribution in [-0.4, -0.2) is 78.6 Å². The second kappa shape index (κ2) is 7.10. The van der Waals surface area contributed by atoms with Gasteiger partial charge in [-0.05, 0) is 45.2 Å². The fourth-order valence-electron chi connectivity index (χ4n) is 5.81. The van der Waals surface area contributed by atoms with Gasteiger partial charge in [-0.25, -0.2) is 0 Å². The predicted molar refractivity (Wildman–Crippen MR) is 105 cm³/mol. The first-order valence-corrected chi connectivity index (χ1v) is 10.7. The van der Waals surface area contributed by atoms with Gasteiger partial charge in [0.25, 0.3) is 0 Å². The van der Waals surface area contributed by atoms with Gasteiger partial charge < -0.3 is 14.5 Å². The molecule has 1 aromatic rings. The highest BCUT2D eigenvalue weighted by molar-refractivity contribution is 5.85. The van der Waals surface area contributed by atoms with Gasteiger partial charge in [-0.1, -0.05) is 18.2 Å². The number of piperidine rings is 1. The first kappa shape index (κ1) is 17.5. The van der Waals surface area contributed by atoms with E-state index in [2.05, 4.69) is 27.8 Å². The van der Waals surface area contributed by atoms with Crippen LogP contribution in [0.3, 0.4) is 0 Å². The first-order chi connectivity index (χ1) is 13.2. The van der Waals surface area contributed by atoms with Gasteiger partial charge in [-0.2, -0.15) is 0 Å². The molecular formula is C22H31N3O2. The molecule has 0 aromatic heterocycles. The maximum Gasteiger partial charge on any atom is 0.230 e. The van der Waals surface area contributed by atoms with Gasteiger partial charge >= 0.3 is 0 Å². The van der Waals surface area contributed by atoms with Crippen LogP contribution in [0.4, 0.5) is 0 Å². The van der Waals surface area contributed by atoms with Crippen molar-refractivity contribution in [3.05, 3.63) is 29.8 Å². The summed E-state index contributed by atoms with van der Waals surface area (Å²) in [5.41, 5.74) is 1.07. The third-order valence-electron chi connectivity index (χ3n) is 7.47. The van der Waals surface area contributed by atoms with Crippen LogP contribution in [0.1, 0.15) is 43.6 Å². The van der Waals surface area contributed by atoms with Gasteiger partial charge in [-0.15, -0.1) is 0 Å². The lowest BCUT2D eigenvalue weighted by atomic mass is 9.91. The zero-order chi connectivity index (χ0) is 18.4. The van der Waals surface area contributed by atoms with Gasteiger partial charge in [0.05, 0.1) is 12.5 Å². The molecule has 3 unspecified atom stereocenters. The number of amides is 1. The Kier molecular flexibility index (Phi) is 4.60. The molecular weight excluding hydrogens is 338 g/mol. The molecule has 0 spiro atoms. The largest absolute Gasteiger partial charge is 0.493 e. The number of nitrogens with zero attached hydrogens (tertiary/aromatic N) is 3. The minimum absolute atomic E-state index is 0.0272. The second-order valence-electron chi connectivity index (χ2n) is 8.76. The fourth-order valence-corrected chi connectivity index (χ4v) is 5.81. The highest BCUT2D eigenvalue weighted by atomic mass is 16.5. The molecule has 5 nitrogen and oxygen atoms in total. The smallest absolute Gasteiger partial charge is 0.230 e. The third-order valence-corrected chi connectivity index (χ3v) is 7.47. The van der Waals surface area contributed by atoms with Crippen molar-refractivity contribution in [3.8, 4) is 5.75 Å². The van der Waals surface area contributed by atoms with Crippen molar-refractivity contribution in [2.45, 2.75) is 56.1 Å². The minimum atomic E-state index is -0.0272. The molecule has 146 valence electrons. The van der Waals surface area contributed by atoms with Crippen molar-refractivity contribution in [1.82, 2.24) is 14.7 Å². The Balaban J connectivity index is 1.21. The van der Waals surface area contributed by atoms with Gasteiger partial charge in [0.1, 0.15) is 5.75 Å². The molecule has 1 amide bonds. The molecule has 2 bridgehead atoms. The Hall–Kier alpha value is -1.59. The number of benzene rings is 1. The van der Waals surface area contributed by atoms with E-state index >= 15 is 0 Å². The number of hydrogen-bond acceptors (Lipinski definition) is 4. The third kappa shape index (κ3) is 3.15. The molecule has 3 fully saturated rings. The number of ether oxygens (including phenoxy) is 1. The average molecular weight is 370 g/mol. The standard InChI is InChI=1S/C22H31N3O2/c1-23-16-6-7-17(23)15-18(14-16)24-9-11-25(12-10-24)22(26)20-8-13-27-21-5-3-2-4-19(20)21/h2-5,16-18,20H,6-15H2,1H3. The topological polar surface area (TPSA) is 36.0 Å². The normalized spacial score (nSPS) is 34.2. The van der Waals surface area contributed by atoms with E-state index in [0.717, 1.165) is 62.0 Å². The molecule has 0 radical (unpaired) electrons. The molecule has 1 aromatic carbocycles. The van der Waals surface area contributed by atoms with Crippen LogP contribution < -0.4 is 4.74 Å². The van der Waals surface area contributed by atoms with Crippen LogP contribution in [-0.2, 0) is 4.79 Å². The lowest BCUT2D eigenvalue weighted by Gasteiger charge is -2.45. The summed E-state index contributed by atoms with van der Waals surface area (Å²) in [7, 11) is 2.31. The number of carbonyl (C=O) groups is 1. The van der Waals surface area contributed by atoms with Crippen molar-refractivity contribution < 1.29 is 9.53 Å². The summed E-state index contributed by atoms with van der Waals surface area (Å²) < 4.78 is 5.74. The summed E-state index contributed by atoms with van der Waals surface area (Å²) in [4.78, 5) is 20.6. The Morgan fingerprint density at radius 3 is 2.41 bits per heavy atom. The van der Waals surface area contributed by atoms with E-state index in [1.54, 1.807) is 0 Å². The molecule has 3 saturated heterocycles. The zero-order valence-corrected chi connectivity index (χ0v) is 16.3. The van der Waals surface area contributed by atoms with Gasteiger partial charge in [-0.3, -0.25) is 9.69 Å². The fraction of sp³-hybridized carbons (Fsp3) is 0.682. The molecule has 0 saturated carbocycles. The average Bonchev–Trinajstić information content (AvgIpc) is 2.93. The lowest BCUT2D eigenvalue weighted by molar-refractivity contribution is -0.135. The van der Waals surface area contributed by atoms with Crippen molar-refractivity contribution in [2.24, 2.45) is 0 Å². The Morgan fingerprint density at radius 1 is 0.963 bits per heavy atom. The number of para-hydroxylation sites is 1. The number of carbonyl (C=O) groups excluding carboxylic acids is 1. The molecule has 4 aliphatic rings. The SMILES string of the molecule is CN1C2CCC1CC(N1CCN(C(=O)C3CCOc4ccccc43)CC1)C2. The molecule has 0 aliphatic carbocycles. The van der Waals surface area contributed by atoms with Crippen LogP contribution in [0, 0.1) is 0 Å². The highest BCUT2D eigenvalue weighted by Gasteiger charge is 2.41. The predicted octanol–water partition coefficient (Wildman–Crippen LogP) is 2.32. The second-order valence-corrected chi connectivity index (χ2v) is 8.76. The Morgan fingerprint density at radius 2 is 1.67 bits per heavy atom. The van der Waals surface area contributed by atoms with Gasteiger partial charge in [0.15, 0.2) is 0 Å². The molecule has 5 heteroatoms. The molecule has 5 rings (SSSR count). The maximum atomic E-state index is 13.2. The monoisotopic (exact) mass is 369 g/mol. The molecule has 4 aliphatic heterocycles. The molecule has 0 N–H and O–H groups in total. The van der Waals surface area contributed by atoms with E-state index in [1.165, 1.54) is 25.7 Å². The van der Waals surface area contributed by atoms with E-state index in [-0.39, 0.29) is 5.92 Å². The van der Waals surface area contributed by atoms with Crippen molar-refractivity contribution >= 4 is 5.91 Å². The number of fused-ring (bicyclic) bond motifs is 3.